The predicted molar refractivity (Wildman–Crippen MR) is 109 cm³/mol. The van der Waals surface area contributed by atoms with Crippen molar-refractivity contribution in [3.05, 3.63) is 0 Å². The van der Waals surface area contributed by atoms with Gasteiger partial charge in [-0.1, -0.05) is 97.3 Å². The molecule has 27 heavy (non-hydrogen) atoms. The quantitative estimate of drug-likeness (QED) is 0.200. The fourth-order valence-corrected chi connectivity index (χ4v) is 4.34. The van der Waals surface area contributed by atoms with Gasteiger partial charge < -0.3 is 9.66 Å². The molecule has 158 valence electrons. The van der Waals surface area contributed by atoms with Crippen LogP contribution in [0, 0.1) is 0 Å². The Balaban J connectivity index is 0. The Labute approximate surface area is 191 Å². The fourth-order valence-electron chi connectivity index (χ4n) is 3.43. The monoisotopic (exact) mass is 414 g/mol. The second-order valence-corrected chi connectivity index (χ2v) is 9.44. The molecule has 0 aromatic rings. The van der Waals surface area contributed by atoms with Crippen LogP contribution >= 0.6 is 0 Å². The molecule has 0 aromatic heterocycles. The van der Waals surface area contributed by atoms with Crippen molar-refractivity contribution in [2.75, 3.05) is 0 Å². The third kappa shape index (κ3) is 19.9. The van der Waals surface area contributed by atoms with Crippen LogP contribution in [0.1, 0.15) is 123 Å². The minimum absolute atomic E-state index is 0. The summed E-state index contributed by atoms with van der Waals surface area (Å²) in [6.45, 7) is 4.17. The molecule has 0 spiro atoms. The summed E-state index contributed by atoms with van der Waals surface area (Å²) in [6.07, 6.45) is 17.0. The van der Waals surface area contributed by atoms with E-state index in [1.54, 1.807) is 0 Å². The normalized spacial score (nSPS) is 13.9. The maximum Gasteiger partial charge on any atom is 1.00 e. The molecule has 0 bridgehead atoms. The van der Waals surface area contributed by atoms with E-state index in [1.807, 2.05) is 6.92 Å². The maximum atomic E-state index is 11.4. The third-order valence-corrected chi connectivity index (χ3v) is 6.61. The zero-order valence-corrected chi connectivity index (χ0v) is 21.1. The minimum Gasteiger partial charge on any atom is -0.748 e. The Morgan fingerprint density at radius 3 is 1.44 bits per heavy atom. The molecule has 0 fully saturated rings. The first-order valence-electron chi connectivity index (χ1n) is 11.0. The Kier molecular flexibility index (Phi) is 22.4. The van der Waals surface area contributed by atoms with Gasteiger partial charge >= 0.3 is 29.6 Å². The third-order valence-electron chi connectivity index (χ3n) is 5.32. The van der Waals surface area contributed by atoms with Gasteiger partial charge in [0.25, 0.3) is 0 Å². The molecule has 0 rings (SSSR count). The van der Waals surface area contributed by atoms with Gasteiger partial charge in [-0.3, -0.25) is 0 Å². The average molecular weight is 415 g/mol. The summed E-state index contributed by atoms with van der Waals surface area (Å²) in [6, 6.07) is 0. The molecule has 2 atom stereocenters. The van der Waals surface area contributed by atoms with Crippen LogP contribution < -0.4 is 29.6 Å². The van der Waals surface area contributed by atoms with E-state index >= 15 is 0 Å². The number of unbranched alkanes of at least 4 members (excludes halogenated alkanes) is 11. The SMILES string of the molecule is CCCCCCCC(CCCCCCCCCCC(O)CC)S(=O)(=O)[O-].[Na+]. The summed E-state index contributed by atoms with van der Waals surface area (Å²) in [5.74, 6) is 0. The fraction of sp³-hybridized carbons (Fsp3) is 1.00. The van der Waals surface area contributed by atoms with Gasteiger partial charge in [0.1, 0.15) is 0 Å². The number of aliphatic hydroxyl groups excluding tert-OH is 1. The number of aliphatic hydroxyl groups is 1. The van der Waals surface area contributed by atoms with E-state index in [9.17, 15) is 18.1 Å². The topological polar surface area (TPSA) is 77.4 Å². The molecule has 4 nitrogen and oxygen atoms in total. The van der Waals surface area contributed by atoms with Crippen LogP contribution in [-0.4, -0.2) is 29.4 Å². The maximum absolute atomic E-state index is 11.4. The van der Waals surface area contributed by atoms with E-state index in [-0.39, 0.29) is 35.7 Å². The second-order valence-electron chi connectivity index (χ2n) is 7.79. The van der Waals surface area contributed by atoms with E-state index in [0.29, 0.717) is 12.8 Å². The standard InChI is InChI=1S/C21H44O4S.Na/c1-3-5-6-11-15-18-21(26(23,24)25)19-16-13-10-8-7-9-12-14-17-20(22)4-2;/h20-22H,3-19H2,1-2H3,(H,23,24,25);/q;+1/p-1. The van der Waals surface area contributed by atoms with Crippen molar-refractivity contribution >= 4 is 10.1 Å². The largest absolute Gasteiger partial charge is 1.00 e. The van der Waals surface area contributed by atoms with Gasteiger partial charge in [0.05, 0.1) is 16.2 Å². The van der Waals surface area contributed by atoms with E-state index < -0.39 is 15.4 Å². The Morgan fingerprint density at radius 2 is 1.07 bits per heavy atom. The molecule has 2 unspecified atom stereocenters. The smallest absolute Gasteiger partial charge is 0.748 e. The molecule has 0 aliphatic carbocycles. The van der Waals surface area contributed by atoms with Crippen molar-refractivity contribution < 1.29 is 47.6 Å². The molecule has 0 saturated carbocycles. The molecule has 0 amide bonds. The molecule has 0 aliphatic rings. The second kappa shape index (κ2) is 20.2. The number of hydrogen-bond donors (Lipinski definition) is 1. The average Bonchev–Trinajstić information content (AvgIpc) is 2.59. The van der Waals surface area contributed by atoms with E-state index in [0.717, 1.165) is 57.8 Å². The minimum atomic E-state index is -4.15. The van der Waals surface area contributed by atoms with Crippen LogP contribution in [0.15, 0.2) is 0 Å². The van der Waals surface area contributed by atoms with Crippen molar-refractivity contribution in [1.82, 2.24) is 0 Å². The van der Waals surface area contributed by atoms with Crippen LogP contribution in [0.25, 0.3) is 0 Å². The van der Waals surface area contributed by atoms with Crippen molar-refractivity contribution in [3.63, 3.8) is 0 Å². The summed E-state index contributed by atoms with van der Waals surface area (Å²) in [7, 11) is -4.15. The van der Waals surface area contributed by atoms with Gasteiger partial charge in [0.15, 0.2) is 0 Å². The zero-order chi connectivity index (χ0) is 19.7. The first kappa shape index (κ1) is 30.1. The molecule has 0 saturated heterocycles. The molecule has 0 radical (unpaired) electrons. The van der Waals surface area contributed by atoms with Crippen LogP contribution in [0.3, 0.4) is 0 Å². The van der Waals surface area contributed by atoms with Crippen LogP contribution in [0.4, 0.5) is 0 Å². The first-order chi connectivity index (χ1) is 12.4. The summed E-state index contributed by atoms with van der Waals surface area (Å²) in [4.78, 5) is 0. The summed E-state index contributed by atoms with van der Waals surface area (Å²) in [5, 5.41) is 8.81. The summed E-state index contributed by atoms with van der Waals surface area (Å²) >= 11 is 0. The molecule has 6 heteroatoms. The van der Waals surface area contributed by atoms with Gasteiger partial charge in [-0.25, -0.2) is 8.42 Å². The Bertz CT molecular complexity index is 401. The molecule has 0 heterocycles. The van der Waals surface area contributed by atoms with Gasteiger partial charge in [-0.05, 0) is 25.7 Å². The van der Waals surface area contributed by atoms with E-state index in [4.69, 9.17) is 0 Å². The van der Waals surface area contributed by atoms with Crippen LogP contribution in [0.2, 0.25) is 0 Å². The number of hydrogen-bond acceptors (Lipinski definition) is 4. The van der Waals surface area contributed by atoms with Gasteiger partial charge in [-0.15, -0.1) is 0 Å². The first-order valence-corrected chi connectivity index (χ1v) is 12.5. The summed E-state index contributed by atoms with van der Waals surface area (Å²) < 4.78 is 34.2. The number of rotatable bonds is 19. The van der Waals surface area contributed by atoms with E-state index in [1.165, 1.54) is 38.5 Å². The van der Waals surface area contributed by atoms with Crippen molar-refractivity contribution in [3.8, 4) is 0 Å². The van der Waals surface area contributed by atoms with Crippen molar-refractivity contribution in [2.45, 2.75) is 134 Å². The zero-order valence-electron chi connectivity index (χ0n) is 18.3. The molecular formula is C21H43NaO4S. The van der Waals surface area contributed by atoms with Crippen molar-refractivity contribution in [2.24, 2.45) is 0 Å². The van der Waals surface area contributed by atoms with Gasteiger partial charge in [0, 0.05) is 5.25 Å². The molecule has 1 N–H and O–H groups in total. The molecular weight excluding hydrogens is 371 g/mol. The molecule has 0 aromatic carbocycles. The predicted octanol–water partition coefficient (Wildman–Crippen LogP) is 2.94. The van der Waals surface area contributed by atoms with Crippen LogP contribution in [0.5, 0.6) is 0 Å². The summed E-state index contributed by atoms with van der Waals surface area (Å²) in [5.41, 5.74) is 0. The Morgan fingerprint density at radius 1 is 0.704 bits per heavy atom. The van der Waals surface area contributed by atoms with Crippen molar-refractivity contribution in [1.29, 1.82) is 0 Å². The van der Waals surface area contributed by atoms with Gasteiger partial charge in [0.2, 0.25) is 0 Å². The van der Waals surface area contributed by atoms with E-state index in [2.05, 4.69) is 6.92 Å². The van der Waals surface area contributed by atoms with Crippen LogP contribution in [-0.2, 0) is 10.1 Å². The Hall–Kier alpha value is 0.870. The van der Waals surface area contributed by atoms with Gasteiger partial charge in [-0.2, -0.15) is 0 Å². The molecule has 0 aliphatic heterocycles.